The van der Waals surface area contributed by atoms with Crippen LogP contribution in [0.3, 0.4) is 0 Å². The van der Waals surface area contributed by atoms with Gasteiger partial charge in [0.2, 0.25) is 0 Å². The van der Waals surface area contributed by atoms with Gasteiger partial charge in [0.1, 0.15) is 0 Å². The molecule has 2 aromatic rings. The molecule has 3 aliphatic rings. The largest absolute Gasteiger partial charge is 0.315 e. The first-order valence-electron chi connectivity index (χ1n) is 11.6. The predicted octanol–water partition coefficient (Wildman–Crippen LogP) is 7.48. The van der Waals surface area contributed by atoms with Crippen molar-refractivity contribution < 1.29 is 0 Å². The highest BCUT2D eigenvalue weighted by atomic mass is 32.1. The summed E-state index contributed by atoms with van der Waals surface area (Å²) in [5, 5.41) is 7.54. The Bertz CT molecular complexity index is 722. The molecule has 3 aliphatic carbocycles. The fourth-order valence-electron chi connectivity index (χ4n) is 6.03. The molecular weight excluding hydrogens is 420 g/mol. The summed E-state index contributed by atoms with van der Waals surface area (Å²) < 4.78 is 0. The molecule has 0 aromatic heterocycles. The third-order valence-corrected chi connectivity index (χ3v) is 8.08. The Morgan fingerprint density at radius 3 is 1.85 bits per heavy atom. The summed E-state index contributed by atoms with van der Waals surface area (Å²) in [6.07, 6.45) is 3.96. The zero-order valence-corrected chi connectivity index (χ0v) is 19.9. The molecule has 0 radical (unpaired) electrons. The van der Waals surface area contributed by atoms with Gasteiger partial charge in [-0.2, -0.15) is 13.5 Å². The third kappa shape index (κ3) is 7.10. The molecule has 0 aliphatic heterocycles. The Labute approximate surface area is 212 Å². The lowest BCUT2D eigenvalue weighted by molar-refractivity contribution is -0.114. The number of fused-ring (bicyclic) bond motifs is 2. The van der Waals surface area contributed by atoms with Crippen LogP contribution >= 0.6 is 13.5 Å². The molecule has 33 heavy (non-hydrogen) atoms. The van der Waals surface area contributed by atoms with Crippen LogP contribution in [0.2, 0.25) is 0 Å². The zero-order chi connectivity index (χ0) is 20.3. The zero-order valence-electron chi connectivity index (χ0n) is 18.9. The second-order valence-electron chi connectivity index (χ2n) is 9.93. The Morgan fingerprint density at radius 1 is 0.818 bits per heavy atom. The van der Waals surface area contributed by atoms with Gasteiger partial charge in [0.15, 0.2) is 0 Å². The van der Waals surface area contributed by atoms with Crippen LogP contribution in [0.15, 0.2) is 60.7 Å². The van der Waals surface area contributed by atoms with E-state index < -0.39 is 0 Å². The first-order chi connectivity index (χ1) is 14.1. The maximum absolute atomic E-state index is 3.86. The first-order valence-corrected chi connectivity index (χ1v) is 11.6. The normalized spacial score (nSPS) is 24.2. The Morgan fingerprint density at radius 2 is 1.36 bits per heavy atom. The fourth-order valence-corrected chi connectivity index (χ4v) is 6.03. The minimum atomic E-state index is 0. The van der Waals surface area contributed by atoms with Gasteiger partial charge in [-0.1, -0.05) is 104 Å². The molecule has 188 valence electrons. The third-order valence-electron chi connectivity index (χ3n) is 8.08. The Balaban J connectivity index is 0.00000256. The van der Waals surface area contributed by atoms with E-state index in [9.17, 15) is 0 Å². The smallest absolute Gasteiger partial charge is 0.0101 e. The van der Waals surface area contributed by atoms with Gasteiger partial charge in [-0.25, -0.2) is 0 Å². The van der Waals surface area contributed by atoms with Crippen LogP contribution in [0.4, 0.5) is 0 Å². The number of hydrogen-bond donors (Lipinski definition) is 2. The molecule has 4 atom stereocenters. The summed E-state index contributed by atoms with van der Waals surface area (Å²) in [6.45, 7) is 10.6. The van der Waals surface area contributed by atoms with Crippen molar-refractivity contribution in [2.24, 2.45) is 23.2 Å². The molecule has 1 unspecified atom stereocenters. The molecule has 2 bridgehead atoms. The molecular formula is C30H52N2S. The van der Waals surface area contributed by atoms with E-state index >= 15 is 0 Å². The van der Waals surface area contributed by atoms with E-state index in [1.165, 1.54) is 24.0 Å². The molecule has 2 aromatic carbocycles. The van der Waals surface area contributed by atoms with Crippen molar-refractivity contribution in [3.8, 4) is 0 Å². The second-order valence-corrected chi connectivity index (χ2v) is 9.93. The van der Waals surface area contributed by atoms with Crippen LogP contribution in [-0.2, 0) is 0 Å². The van der Waals surface area contributed by atoms with Gasteiger partial charge in [-0.15, -0.1) is 0 Å². The lowest BCUT2D eigenvalue weighted by Crippen LogP contribution is -2.60. The van der Waals surface area contributed by atoms with E-state index in [0.717, 1.165) is 49.9 Å². The van der Waals surface area contributed by atoms with E-state index in [1.807, 2.05) is 0 Å². The van der Waals surface area contributed by atoms with Crippen LogP contribution < -0.4 is 10.6 Å². The predicted molar refractivity (Wildman–Crippen MR) is 154 cm³/mol. The summed E-state index contributed by atoms with van der Waals surface area (Å²) in [7, 11) is 0. The minimum Gasteiger partial charge on any atom is -0.315 e. The molecule has 2 N–H and O–H groups in total. The summed E-state index contributed by atoms with van der Waals surface area (Å²) in [6, 6.07) is 22.6. The number of benzene rings is 2. The topological polar surface area (TPSA) is 24.1 Å². The van der Waals surface area contributed by atoms with E-state index in [0.29, 0.717) is 11.3 Å². The van der Waals surface area contributed by atoms with Gasteiger partial charge in [-0.05, 0) is 60.1 Å². The summed E-state index contributed by atoms with van der Waals surface area (Å²) in [5.74, 6) is 3.14. The van der Waals surface area contributed by atoms with Crippen molar-refractivity contribution in [1.82, 2.24) is 10.6 Å². The molecule has 0 amide bonds. The van der Waals surface area contributed by atoms with Crippen molar-refractivity contribution in [2.75, 3.05) is 19.6 Å². The lowest BCUT2D eigenvalue weighted by atomic mass is 9.45. The van der Waals surface area contributed by atoms with Crippen molar-refractivity contribution in [3.63, 3.8) is 0 Å². The summed E-state index contributed by atoms with van der Waals surface area (Å²) in [5.41, 5.74) is 3.41. The highest BCUT2D eigenvalue weighted by molar-refractivity contribution is 7.59. The van der Waals surface area contributed by atoms with Crippen molar-refractivity contribution in [3.05, 3.63) is 71.8 Å². The maximum atomic E-state index is 3.86. The highest BCUT2D eigenvalue weighted by Gasteiger charge is 2.55. The SMILES string of the molecule is C.C.C.C[C@@H]1[C@H]2CC(C[C@H]1NCCNCCC(c1ccccc1)c1ccccc1)C2(C)C.S. The van der Waals surface area contributed by atoms with Gasteiger partial charge in [0, 0.05) is 25.0 Å². The molecule has 3 fully saturated rings. The molecule has 2 nitrogen and oxygen atoms in total. The average Bonchev–Trinajstić information content (AvgIpc) is 2.75. The van der Waals surface area contributed by atoms with Gasteiger partial charge in [-0.3, -0.25) is 0 Å². The van der Waals surface area contributed by atoms with E-state index in [2.05, 4.69) is 92.1 Å². The van der Waals surface area contributed by atoms with Crippen LogP contribution in [0.1, 0.15) is 79.4 Å². The van der Waals surface area contributed by atoms with Crippen LogP contribution in [0, 0.1) is 23.2 Å². The molecule has 5 rings (SSSR count). The van der Waals surface area contributed by atoms with Crippen LogP contribution in [0.5, 0.6) is 0 Å². The number of hydrogen-bond acceptors (Lipinski definition) is 2. The number of rotatable bonds is 9. The van der Waals surface area contributed by atoms with Gasteiger partial charge in [0.25, 0.3) is 0 Å². The Hall–Kier alpha value is -1.29. The van der Waals surface area contributed by atoms with E-state index in [4.69, 9.17) is 0 Å². The second kappa shape index (κ2) is 14.2. The van der Waals surface area contributed by atoms with Crippen molar-refractivity contribution in [1.29, 1.82) is 0 Å². The highest BCUT2D eigenvalue weighted by Crippen LogP contribution is 2.61. The molecule has 0 saturated heterocycles. The molecule has 3 heteroatoms. The van der Waals surface area contributed by atoms with Gasteiger partial charge in [0.05, 0.1) is 0 Å². The van der Waals surface area contributed by atoms with Crippen molar-refractivity contribution >= 4 is 13.5 Å². The molecule has 3 saturated carbocycles. The van der Waals surface area contributed by atoms with E-state index in [-0.39, 0.29) is 35.8 Å². The molecule has 0 spiro atoms. The average molecular weight is 473 g/mol. The van der Waals surface area contributed by atoms with Gasteiger partial charge < -0.3 is 10.6 Å². The quantitative estimate of drug-likeness (QED) is 0.370. The molecule has 0 heterocycles. The number of nitrogens with one attached hydrogen (secondary N) is 2. The van der Waals surface area contributed by atoms with Crippen LogP contribution in [0.25, 0.3) is 0 Å². The van der Waals surface area contributed by atoms with Gasteiger partial charge >= 0.3 is 0 Å². The standard InChI is InChI=1S/C27H38N2.3CH4.H2S/c1-20-25-18-23(27(25,2)3)19-26(20)29-17-16-28-15-14-24(21-10-6-4-7-11-21)22-12-8-5-9-13-22;;;;/h4-13,20,23-26,28-29H,14-19H2,1-3H3;3*1H4;1H2/t20-,23?,25-,26-;;;;/m1..../s1. The van der Waals surface area contributed by atoms with Crippen molar-refractivity contribution in [2.45, 2.75) is 74.3 Å². The Kier molecular flexibility index (Phi) is 13.6. The first kappa shape index (κ1) is 31.7. The minimum absolute atomic E-state index is 0. The summed E-state index contributed by atoms with van der Waals surface area (Å²) in [4.78, 5) is 0. The monoisotopic (exact) mass is 472 g/mol. The van der Waals surface area contributed by atoms with E-state index in [1.54, 1.807) is 0 Å². The van der Waals surface area contributed by atoms with Crippen LogP contribution in [-0.4, -0.2) is 25.7 Å². The summed E-state index contributed by atoms with van der Waals surface area (Å²) >= 11 is 0. The lowest BCUT2D eigenvalue weighted by Gasteiger charge is -2.62. The maximum Gasteiger partial charge on any atom is 0.0101 e. The fraction of sp³-hybridized carbons (Fsp3) is 0.600.